The Labute approximate surface area is 189 Å². The van der Waals surface area contributed by atoms with Gasteiger partial charge >= 0.3 is 0 Å². The Hall–Kier alpha value is -2.58. The Morgan fingerprint density at radius 1 is 1.03 bits per heavy atom. The second kappa shape index (κ2) is 11.0. The van der Waals surface area contributed by atoms with E-state index in [4.69, 9.17) is 0 Å². The van der Waals surface area contributed by atoms with Gasteiger partial charge in [0.1, 0.15) is 0 Å². The number of benzene rings is 2. The fraction of sp³-hybridized carbons (Fsp3) is 0.273. The average Bonchev–Trinajstić information content (AvgIpc) is 3.09. The molecule has 0 N–H and O–H groups in total. The molecule has 0 fully saturated rings. The largest absolute Gasteiger partial charge is 0.371 e. The van der Waals surface area contributed by atoms with E-state index < -0.39 is 0 Å². The maximum Gasteiger partial charge on any atom is 0.210 e. The summed E-state index contributed by atoms with van der Waals surface area (Å²) >= 11 is 5.07. The molecule has 156 valence electrons. The fourth-order valence-electron chi connectivity index (χ4n) is 2.73. The quantitative estimate of drug-likeness (QED) is 0.168. The molecule has 0 saturated carbocycles. The highest BCUT2D eigenvalue weighted by Gasteiger charge is 2.02. The van der Waals surface area contributed by atoms with E-state index in [-0.39, 0.29) is 0 Å². The van der Waals surface area contributed by atoms with Gasteiger partial charge in [-0.3, -0.25) is 0 Å². The van der Waals surface area contributed by atoms with Crippen molar-refractivity contribution in [3.63, 3.8) is 0 Å². The van der Waals surface area contributed by atoms with Crippen molar-refractivity contribution in [3.8, 4) is 0 Å². The fourth-order valence-corrected chi connectivity index (χ4v) is 3.99. The number of halogens is 1. The zero-order valence-corrected chi connectivity index (χ0v) is 19.8. The summed E-state index contributed by atoms with van der Waals surface area (Å²) in [6.45, 7) is 6.15. The van der Waals surface area contributed by atoms with Gasteiger partial charge in [-0.05, 0) is 55.8 Å². The summed E-state index contributed by atoms with van der Waals surface area (Å²) in [4.78, 5) is 3.18. The molecule has 6 nitrogen and oxygen atoms in total. The molecule has 0 bridgehead atoms. The van der Waals surface area contributed by atoms with Crippen LogP contribution in [0.3, 0.4) is 0 Å². The lowest BCUT2D eigenvalue weighted by Gasteiger charge is -2.21. The number of alkyl halides is 1. The van der Waals surface area contributed by atoms with Gasteiger partial charge in [0.05, 0.1) is 17.6 Å². The number of thiazole rings is 1. The van der Waals surface area contributed by atoms with Crippen LogP contribution in [-0.2, 0) is 7.05 Å². The molecule has 1 heterocycles. The topological polar surface area (TPSA) is 57.6 Å². The molecule has 0 amide bonds. The summed E-state index contributed by atoms with van der Waals surface area (Å²) in [5.74, 6) is 0. The first-order chi connectivity index (χ1) is 14.6. The number of hydrogen-bond acceptors (Lipinski definition) is 6. The van der Waals surface area contributed by atoms with Gasteiger partial charge in [0, 0.05) is 42.2 Å². The standard InChI is InChI=1S/C22H25BrN6S/c1-4-29(14-13-23)21-11-9-20(10-12-21)26-25-19-7-5-18(6-8-19)15-24-27-22-28(3)17(2)16-30-22/h5-12,15-16H,4,13-14H2,1-3H3/b24-15?,26-25?,27-22-. The van der Waals surface area contributed by atoms with Gasteiger partial charge in [-0.2, -0.15) is 15.3 Å². The summed E-state index contributed by atoms with van der Waals surface area (Å²) in [5.41, 5.74) is 4.95. The van der Waals surface area contributed by atoms with Gasteiger partial charge < -0.3 is 9.47 Å². The van der Waals surface area contributed by atoms with Crippen molar-refractivity contribution in [2.24, 2.45) is 27.5 Å². The molecule has 0 unspecified atom stereocenters. The van der Waals surface area contributed by atoms with Gasteiger partial charge in [-0.15, -0.1) is 16.4 Å². The maximum atomic E-state index is 4.34. The number of rotatable bonds is 8. The number of anilines is 1. The molecule has 0 aliphatic heterocycles. The molecule has 3 rings (SSSR count). The van der Waals surface area contributed by atoms with Crippen LogP contribution in [0.15, 0.2) is 74.3 Å². The molecule has 8 heteroatoms. The van der Waals surface area contributed by atoms with Crippen LogP contribution in [0.2, 0.25) is 0 Å². The van der Waals surface area contributed by atoms with Crippen molar-refractivity contribution in [1.29, 1.82) is 0 Å². The summed E-state index contributed by atoms with van der Waals surface area (Å²) < 4.78 is 2.01. The van der Waals surface area contributed by atoms with E-state index >= 15 is 0 Å². The van der Waals surface area contributed by atoms with Crippen molar-refractivity contribution in [2.45, 2.75) is 13.8 Å². The minimum absolute atomic E-state index is 0.794. The molecule has 0 spiro atoms. The number of aromatic nitrogens is 1. The van der Waals surface area contributed by atoms with Crippen molar-refractivity contribution < 1.29 is 0 Å². The molecule has 30 heavy (non-hydrogen) atoms. The minimum Gasteiger partial charge on any atom is -0.371 e. The molecular weight excluding hydrogens is 460 g/mol. The molecule has 0 atom stereocenters. The Kier molecular flexibility index (Phi) is 8.10. The summed E-state index contributed by atoms with van der Waals surface area (Å²) in [6, 6.07) is 15.9. The molecule has 0 radical (unpaired) electrons. The van der Waals surface area contributed by atoms with E-state index in [0.29, 0.717) is 0 Å². The zero-order valence-electron chi connectivity index (χ0n) is 17.4. The van der Waals surface area contributed by atoms with Gasteiger partial charge in [0.2, 0.25) is 4.80 Å². The molecule has 3 aromatic rings. The number of aryl methyl sites for hydroxylation is 1. The van der Waals surface area contributed by atoms with E-state index in [1.54, 1.807) is 17.6 Å². The van der Waals surface area contributed by atoms with Crippen molar-refractivity contribution in [1.82, 2.24) is 4.57 Å². The summed E-state index contributed by atoms with van der Waals surface area (Å²) in [6.07, 6.45) is 1.74. The Morgan fingerprint density at radius 2 is 1.67 bits per heavy atom. The van der Waals surface area contributed by atoms with Crippen LogP contribution in [0.4, 0.5) is 17.1 Å². The van der Waals surface area contributed by atoms with Crippen molar-refractivity contribution in [3.05, 3.63) is 70.0 Å². The Bertz CT molecular complexity index is 1060. The van der Waals surface area contributed by atoms with Crippen LogP contribution in [0, 0.1) is 6.92 Å². The van der Waals surface area contributed by atoms with E-state index in [2.05, 4.69) is 65.7 Å². The molecule has 0 aliphatic carbocycles. The van der Waals surface area contributed by atoms with E-state index in [0.717, 1.165) is 40.2 Å². The van der Waals surface area contributed by atoms with Gasteiger partial charge in [0.25, 0.3) is 0 Å². The lowest BCUT2D eigenvalue weighted by molar-refractivity contribution is 0.820. The average molecular weight is 485 g/mol. The van der Waals surface area contributed by atoms with Crippen molar-refractivity contribution in [2.75, 3.05) is 23.3 Å². The number of hydrogen-bond donors (Lipinski definition) is 0. The molecule has 0 aliphatic rings. The third kappa shape index (κ3) is 5.96. The highest BCUT2D eigenvalue weighted by molar-refractivity contribution is 9.09. The predicted octanol–water partition coefficient (Wildman–Crippen LogP) is 5.97. The Morgan fingerprint density at radius 3 is 2.20 bits per heavy atom. The van der Waals surface area contributed by atoms with Crippen molar-refractivity contribution >= 4 is 50.5 Å². The number of nitrogens with zero attached hydrogens (tertiary/aromatic N) is 6. The highest BCUT2D eigenvalue weighted by Crippen LogP contribution is 2.22. The van der Waals surface area contributed by atoms with E-state index in [9.17, 15) is 0 Å². The normalized spacial score (nSPS) is 12.3. The second-order valence-corrected chi connectivity index (χ2v) is 8.27. The lowest BCUT2D eigenvalue weighted by Crippen LogP contribution is -2.24. The Balaban J connectivity index is 1.62. The number of azo groups is 1. The van der Waals surface area contributed by atoms with Crippen LogP contribution >= 0.6 is 27.3 Å². The van der Waals surface area contributed by atoms with Crippen LogP contribution in [0.1, 0.15) is 18.2 Å². The third-order valence-corrected chi connectivity index (χ3v) is 6.01. The highest BCUT2D eigenvalue weighted by atomic mass is 79.9. The zero-order chi connectivity index (χ0) is 21.3. The minimum atomic E-state index is 0.794. The van der Waals surface area contributed by atoms with Gasteiger partial charge in [0.15, 0.2) is 0 Å². The molecule has 0 saturated heterocycles. The monoisotopic (exact) mass is 484 g/mol. The SMILES string of the molecule is CCN(CCBr)c1ccc(N=Nc2ccc(C=N/N=c3\scc(C)n3C)cc2)cc1. The predicted molar refractivity (Wildman–Crippen MR) is 130 cm³/mol. The molecule has 2 aromatic carbocycles. The van der Waals surface area contributed by atoms with Gasteiger partial charge in [-0.25, -0.2) is 0 Å². The smallest absolute Gasteiger partial charge is 0.210 e. The first-order valence-electron chi connectivity index (χ1n) is 9.71. The van der Waals surface area contributed by atoms with Crippen LogP contribution in [0.5, 0.6) is 0 Å². The summed E-state index contributed by atoms with van der Waals surface area (Å²) in [7, 11) is 1.98. The molecule has 1 aromatic heterocycles. The first kappa shape index (κ1) is 22.1. The lowest BCUT2D eigenvalue weighted by atomic mass is 10.2. The van der Waals surface area contributed by atoms with Crippen LogP contribution in [-0.4, -0.2) is 29.2 Å². The van der Waals surface area contributed by atoms with Crippen LogP contribution < -0.4 is 9.70 Å². The second-order valence-electron chi connectivity index (χ2n) is 6.64. The summed E-state index contributed by atoms with van der Waals surface area (Å²) in [5, 5.41) is 20.1. The first-order valence-corrected chi connectivity index (χ1v) is 11.7. The van der Waals surface area contributed by atoms with E-state index in [1.807, 2.05) is 54.9 Å². The van der Waals surface area contributed by atoms with E-state index in [1.165, 1.54) is 11.4 Å². The van der Waals surface area contributed by atoms with Gasteiger partial charge in [-0.1, -0.05) is 28.1 Å². The third-order valence-electron chi connectivity index (χ3n) is 4.63. The van der Waals surface area contributed by atoms with Crippen LogP contribution in [0.25, 0.3) is 0 Å². The maximum absolute atomic E-state index is 4.34. The molecular formula is C22H25BrN6S.